The third-order valence-electron chi connectivity index (χ3n) is 7.63. The van der Waals surface area contributed by atoms with Crippen LogP contribution in [-0.4, -0.2) is 11.5 Å². The second kappa shape index (κ2) is 12.6. The molecular weight excluding hydrogens is 496 g/mol. The summed E-state index contributed by atoms with van der Waals surface area (Å²) in [4.78, 5) is 10.1. The topological polar surface area (TPSA) is 24.7 Å². The summed E-state index contributed by atoms with van der Waals surface area (Å²) >= 11 is 0. The Morgan fingerprint density at radius 1 is 0.732 bits per heavy atom. The Kier molecular flexibility index (Phi) is 8.50. The first-order chi connectivity index (χ1) is 20.0. The number of benzene rings is 5. The van der Waals surface area contributed by atoms with Crippen LogP contribution < -0.4 is 10.4 Å². The Labute approximate surface area is 243 Å². The Morgan fingerprint density at radius 2 is 1.34 bits per heavy atom. The third kappa shape index (κ3) is 5.88. The van der Waals surface area contributed by atoms with Crippen LogP contribution >= 0.6 is 0 Å². The van der Waals surface area contributed by atoms with Gasteiger partial charge in [-0.3, -0.25) is 4.99 Å². The van der Waals surface area contributed by atoms with Crippen LogP contribution in [0.5, 0.6) is 0 Å². The molecule has 0 N–H and O–H groups in total. The maximum atomic E-state index is 5.06. The molecule has 0 saturated carbocycles. The summed E-state index contributed by atoms with van der Waals surface area (Å²) in [6.07, 6.45) is 6.21. The number of hydrogen-bond acceptors (Lipinski definition) is 1. The van der Waals surface area contributed by atoms with E-state index in [9.17, 15) is 0 Å². The highest BCUT2D eigenvalue weighted by atomic mass is 14.9. The molecule has 0 amide bonds. The highest BCUT2D eigenvalue weighted by Gasteiger charge is 2.12. The summed E-state index contributed by atoms with van der Waals surface area (Å²) in [6, 6.07) is 38.0. The summed E-state index contributed by atoms with van der Waals surface area (Å²) in [5.74, 6) is 0.735. The van der Waals surface area contributed by atoms with E-state index in [1.807, 2.05) is 30.3 Å². The van der Waals surface area contributed by atoms with E-state index in [2.05, 4.69) is 131 Å². The van der Waals surface area contributed by atoms with E-state index in [1.54, 1.807) is 0 Å². The minimum Gasteiger partial charge on any atom is -0.258 e. The Morgan fingerprint density at radius 3 is 1.98 bits per heavy atom. The number of allylic oxidation sites excluding steroid dienone is 1. The van der Waals surface area contributed by atoms with Crippen LogP contribution in [0.1, 0.15) is 49.1 Å². The zero-order valence-electron chi connectivity index (χ0n) is 24.3. The van der Waals surface area contributed by atoms with Gasteiger partial charge in [0.15, 0.2) is 5.84 Å². The fraction of sp³-hybridized carbons (Fsp3) is 0.128. The van der Waals surface area contributed by atoms with E-state index in [1.165, 1.54) is 43.5 Å². The average molecular weight is 533 g/mol. The van der Waals surface area contributed by atoms with Gasteiger partial charge >= 0.3 is 0 Å². The summed E-state index contributed by atoms with van der Waals surface area (Å²) in [7, 11) is 0. The second-order valence-corrected chi connectivity index (χ2v) is 10.2. The maximum Gasteiger partial charge on any atom is 0.155 e. The minimum absolute atomic E-state index is 0.00996. The standard InChI is InChI=1S/C39H36N2/c1-6-16-36-34(7-2)27(3)35-21-14-15-22-37(35)38(36)32-25-23-31(24-26-32)29(5)41-39(33-19-12-9-13-20-33)40-28(4)30-17-10-8-11-18-30/h6-26,28H,1H2,2-5H3/b34-7-,36-16+,40-39?,41-29?. The zero-order valence-corrected chi connectivity index (χ0v) is 24.3. The normalized spacial score (nSPS) is 14.0. The molecule has 0 aliphatic heterocycles. The van der Waals surface area contributed by atoms with Crippen LogP contribution in [-0.2, 0) is 0 Å². The van der Waals surface area contributed by atoms with Crippen molar-refractivity contribution in [2.45, 2.75) is 33.7 Å². The summed E-state index contributed by atoms with van der Waals surface area (Å²) in [5, 5.41) is 4.96. The molecule has 0 saturated heterocycles. The average Bonchev–Trinajstić information content (AvgIpc) is 3.02. The molecule has 0 aliphatic carbocycles. The highest BCUT2D eigenvalue weighted by Crippen LogP contribution is 2.27. The molecule has 0 heterocycles. The van der Waals surface area contributed by atoms with Gasteiger partial charge in [-0.25, -0.2) is 4.99 Å². The molecule has 1 atom stereocenters. The lowest BCUT2D eigenvalue weighted by Crippen LogP contribution is -2.29. The van der Waals surface area contributed by atoms with Crippen LogP contribution in [0.15, 0.2) is 132 Å². The molecule has 0 fully saturated rings. The van der Waals surface area contributed by atoms with Crippen molar-refractivity contribution in [3.63, 3.8) is 0 Å². The van der Waals surface area contributed by atoms with Crippen molar-refractivity contribution < 1.29 is 0 Å². The molecule has 0 bridgehead atoms. The second-order valence-electron chi connectivity index (χ2n) is 10.2. The van der Waals surface area contributed by atoms with Gasteiger partial charge in [-0.2, -0.15) is 0 Å². The molecule has 0 spiro atoms. The maximum absolute atomic E-state index is 5.06. The lowest BCUT2D eigenvalue weighted by molar-refractivity contribution is 0.818. The first-order valence-electron chi connectivity index (χ1n) is 14.2. The van der Waals surface area contributed by atoms with Gasteiger partial charge in [-0.15, -0.1) is 0 Å². The van der Waals surface area contributed by atoms with Gasteiger partial charge in [0, 0.05) is 11.3 Å². The van der Waals surface area contributed by atoms with Gasteiger partial charge in [0.05, 0.1) is 6.04 Å². The molecule has 202 valence electrons. The van der Waals surface area contributed by atoms with E-state index >= 15 is 0 Å². The van der Waals surface area contributed by atoms with Gasteiger partial charge in [-0.05, 0) is 76.7 Å². The van der Waals surface area contributed by atoms with Crippen molar-refractivity contribution in [3.8, 4) is 11.1 Å². The van der Waals surface area contributed by atoms with Crippen molar-refractivity contribution in [1.82, 2.24) is 0 Å². The number of fused-ring (bicyclic) bond motifs is 1. The number of aliphatic imine (C=N–C) groups is 2. The summed E-state index contributed by atoms with van der Waals surface area (Å²) in [6.45, 7) is 12.5. The largest absolute Gasteiger partial charge is 0.258 e. The van der Waals surface area contributed by atoms with E-state index in [0.717, 1.165) is 22.7 Å². The zero-order chi connectivity index (χ0) is 28.8. The number of amidine groups is 1. The van der Waals surface area contributed by atoms with Gasteiger partial charge in [0.1, 0.15) is 0 Å². The van der Waals surface area contributed by atoms with Crippen molar-refractivity contribution in [1.29, 1.82) is 0 Å². The molecule has 1 unspecified atom stereocenters. The van der Waals surface area contributed by atoms with Crippen LogP contribution in [0.3, 0.4) is 0 Å². The van der Waals surface area contributed by atoms with Crippen molar-refractivity contribution in [2.75, 3.05) is 0 Å². The fourth-order valence-electron chi connectivity index (χ4n) is 5.48. The van der Waals surface area contributed by atoms with Gasteiger partial charge < -0.3 is 0 Å². The van der Waals surface area contributed by atoms with Gasteiger partial charge in [-0.1, -0.05) is 134 Å². The Balaban J connectivity index is 1.60. The van der Waals surface area contributed by atoms with E-state index in [4.69, 9.17) is 9.98 Å². The first-order valence-corrected chi connectivity index (χ1v) is 14.2. The van der Waals surface area contributed by atoms with Crippen molar-refractivity contribution in [2.24, 2.45) is 9.98 Å². The molecule has 0 radical (unpaired) electrons. The summed E-state index contributed by atoms with van der Waals surface area (Å²) < 4.78 is 0. The number of nitrogens with zero attached hydrogens (tertiary/aromatic N) is 2. The number of hydrogen-bond donors (Lipinski definition) is 0. The van der Waals surface area contributed by atoms with Crippen molar-refractivity contribution in [3.05, 3.63) is 155 Å². The molecular formula is C39H36N2. The lowest BCUT2D eigenvalue weighted by Gasteiger charge is -2.14. The van der Waals surface area contributed by atoms with Crippen LogP contribution in [0.4, 0.5) is 0 Å². The minimum atomic E-state index is -0.00996. The quantitative estimate of drug-likeness (QED) is 0.155. The molecule has 5 aromatic carbocycles. The van der Waals surface area contributed by atoms with E-state index in [0.29, 0.717) is 0 Å². The fourth-order valence-corrected chi connectivity index (χ4v) is 5.48. The summed E-state index contributed by atoms with van der Waals surface area (Å²) in [5.41, 5.74) is 7.85. The molecule has 41 heavy (non-hydrogen) atoms. The van der Waals surface area contributed by atoms with Gasteiger partial charge in [0.2, 0.25) is 0 Å². The third-order valence-corrected chi connectivity index (χ3v) is 7.63. The lowest BCUT2D eigenvalue weighted by atomic mass is 9.90. The smallest absolute Gasteiger partial charge is 0.155 e. The Hall–Kier alpha value is -4.82. The molecule has 0 aromatic heterocycles. The molecule has 0 aliphatic rings. The van der Waals surface area contributed by atoms with E-state index < -0.39 is 0 Å². The van der Waals surface area contributed by atoms with Crippen molar-refractivity contribution >= 4 is 34.5 Å². The molecule has 5 aromatic rings. The molecule has 5 rings (SSSR count). The number of rotatable bonds is 6. The predicted octanol–water partition coefficient (Wildman–Crippen LogP) is 8.60. The van der Waals surface area contributed by atoms with E-state index in [-0.39, 0.29) is 6.04 Å². The highest BCUT2D eigenvalue weighted by molar-refractivity contribution is 6.11. The Bertz CT molecular complexity index is 1860. The monoisotopic (exact) mass is 532 g/mol. The molecule has 2 nitrogen and oxygen atoms in total. The van der Waals surface area contributed by atoms with Crippen LogP contribution in [0.2, 0.25) is 0 Å². The SMILES string of the molecule is C=C/C=c1/c(-c2ccc(C(C)=NC(=NC(C)c3ccccc3)c3ccccc3)cc2)c2ccccc2c(C)/c1=C/C. The molecule has 2 heteroatoms. The van der Waals surface area contributed by atoms with Crippen LogP contribution in [0, 0.1) is 6.92 Å². The number of aryl methyl sites for hydroxylation is 1. The van der Waals surface area contributed by atoms with Gasteiger partial charge in [0.25, 0.3) is 0 Å². The first kappa shape index (κ1) is 27.7. The van der Waals surface area contributed by atoms with Crippen LogP contribution in [0.25, 0.3) is 34.1 Å². The predicted molar refractivity (Wildman–Crippen MR) is 178 cm³/mol.